The minimum atomic E-state index is -0.0440. The zero-order chi connectivity index (χ0) is 23.0. The van der Waals surface area contributed by atoms with E-state index in [1.807, 2.05) is 38.2 Å². The van der Waals surface area contributed by atoms with Gasteiger partial charge in [0.25, 0.3) is 5.91 Å². The molecule has 5 nitrogen and oxygen atoms in total. The van der Waals surface area contributed by atoms with Crippen LogP contribution in [0.3, 0.4) is 0 Å². The fourth-order valence-electron chi connectivity index (χ4n) is 4.79. The highest BCUT2D eigenvalue weighted by molar-refractivity contribution is 5.98. The Morgan fingerprint density at radius 2 is 1.94 bits per heavy atom. The lowest BCUT2D eigenvalue weighted by Crippen LogP contribution is -2.40. The van der Waals surface area contributed by atoms with Gasteiger partial charge in [-0.2, -0.15) is 5.10 Å². The molecule has 1 aliphatic rings. The van der Waals surface area contributed by atoms with Gasteiger partial charge in [0.15, 0.2) is 5.82 Å². The maximum Gasteiger partial charge on any atom is 0.251 e. The first-order valence-corrected chi connectivity index (χ1v) is 11.6. The van der Waals surface area contributed by atoms with E-state index in [9.17, 15) is 4.79 Å². The predicted molar refractivity (Wildman–Crippen MR) is 132 cm³/mol. The number of carbonyl (C=O) groups excluding carboxylic acids is 1. The molecular weight excluding hydrogens is 396 g/mol. The third kappa shape index (κ3) is 4.34. The Bertz CT molecular complexity index is 1150. The lowest BCUT2D eigenvalue weighted by molar-refractivity contribution is 0.0943. The minimum absolute atomic E-state index is 0.0440. The van der Waals surface area contributed by atoms with Crippen LogP contribution in [0.5, 0.6) is 0 Å². The van der Waals surface area contributed by atoms with E-state index in [1.54, 1.807) is 0 Å². The van der Waals surface area contributed by atoms with E-state index in [4.69, 9.17) is 0 Å². The van der Waals surface area contributed by atoms with E-state index in [1.165, 1.54) is 12.8 Å². The van der Waals surface area contributed by atoms with Crippen molar-refractivity contribution in [1.29, 1.82) is 0 Å². The van der Waals surface area contributed by atoms with E-state index in [2.05, 4.69) is 66.3 Å². The van der Waals surface area contributed by atoms with Crippen molar-refractivity contribution in [2.24, 2.45) is 5.41 Å². The molecule has 2 aromatic carbocycles. The van der Waals surface area contributed by atoms with E-state index in [0.717, 1.165) is 39.8 Å². The van der Waals surface area contributed by atoms with Crippen LogP contribution in [-0.4, -0.2) is 34.7 Å². The Morgan fingerprint density at radius 3 is 2.66 bits per heavy atom. The van der Waals surface area contributed by atoms with Gasteiger partial charge in [0, 0.05) is 35.0 Å². The monoisotopic (exact) mass is 430 g/mol. The predicted octanol–water partition coefficient (Wildman–Crippen LogP) is 5.76. The fraction of sp³-hybridized carbons (Fsp3) is 0.444. The van der Waals surface area contributed by atoms with Gasteiger partial charge in [0.05, 0.1) is 6.20 Å². The first kappa shape index (κ1) is 22.3. The van der Waals surface area contributed by atoms with Crippen molar-refractivity contribution < 1.29 is 4.79 Å². The Hall–Kier alpha value is -2.95. The standard InChI is InChI=1S/C27H34N4O/c1-17(2)29-26(32)20-10-9-18(3)23(15-20)19-11-12-22-21(14-19)16-28-30-25(22)31-13-7-8-24(31)27(4,5)6/h9-12,14-17,24H,7-8,13H2,1-6H3,(H,29,32)/t24-/m1/s1. The number of amides is 1. The van der Waals surface area contributed by atoms with Crippen LogP contribution in [-0.2, 0) is 0 Å². The molecule has 1 aliphatic heterocycles. The summed E-state index contributed by atoms with van der Waals surface area (Å²) in [4.78, 5) is 15.0. The molecule has 0 aliphatic carbocycles. The number of nitrogens with zero attached hydrogens (tertiary/aromatic N) is 3. The molecule has 1 fully saturated rings. The zero-order valence-electron chi connectivity index (χ0n) is 20.1. The molecule has 1 amide bonds. The smallest absolute Gasteiger partial charge is 0.251 e. The maximum absolute atomic E-state index is 12.5. The number of carbonyl (C=O) groups is 1. The van der Waals surface area contributed by atoms with Gasteiger partial charge in [-0.05, 0) is 80.0 Å². The number of hydrogen-bond acceptors (Lipinski definition) is 4. The number of hydrogen-bond donors (Lipinski definition) is 1. The van der Waals surface area contributed by atoms with Crippen LogP contribution >= 0.6 is 0 Å². The fourth-order valence-corrected chi connectivity index (χ4v) is 4.79. The maximum atomic E-state index is 12.5. The SMILES string of the molecule is Cc1ccc(C(=O)NC(C)C)cc1-c1ccc2c(N3CCC[C@@H]3C(C)(C)C)nncc2c1. The third-order valence-corrected chi connectivity index (χ3v) is 6.40. The highest BCUT2D eigenvalue weighted by atomic mass is 16.1. The number of anilines is 1. The molecule has 0 radical (unpaired) electrons. The van der Waals surface area contributed by atoms with Crippen LogP contribution in [0.1, 0.15) is 63.4 Å². The molecule has 1 aromatic heterocycles. The molecule has 2 heterocycles. The number of aryl methyl sites for hydroxylation is 1. The molecule has 0 saturated carbocycles. The number of rotatable bonds is 4. The van der Waals surface area contributed by atoms with Crippen molar-refractivity contribution in [3.8, 4) is 11.1 Å². The Morgan fingerprint density at radius 1 is 1.16 bits per heavy atom. The Balaban J connectivity index is 1.74. The van der Waals surface area contributed by atoms with Gasteiger partial charge in [-0.25, -0.2) is 0 Å². The second-order valence-electron chi connectivity index (χ2n) is 10.3. The summed E-state index contributed by atoms with van der Waals surface area (Å²) < 4.78 is 0. The highest BCUT2D eigenvalue weighted by Gasteiger charge is 2.35. The second kappa shape index (κ2) is 8.53. The van der Waals surface area contributed by atoms with Crippen LogP contribution < -0.4 is 10.2 Å². The number of aromatic nitrogens is 2. The average molecular weight is 431 g/mol. The van der Waals surface area contributed by atoms with E-state index < -0.39 is 0 Å². The summed E-state index contributed by atoms with van der Waals surface area (Å²) in [6.07, 6.45) is 4.21. The van der Waals surface area contributed by atoms with Crippen LogP contribution in [0.2, 0.25) is 0 Å². The van der Waals surface area contributed by atoms with Gasteiger partial charge < -0.3 is 10.2 Å². The van der Waals surface area contributed by atoms with Crippen LogP contribution in [0.25, 0.3) is 21.9 Å². The summed E-state index contributed by atoms with van der Waals surface area (Å²) in [5.74, 6) is 0.936. The first-order chi connectivity index (χ1) is 15.1. The quantitative estimate of drug-likeness (QED) is 0.572. The molecule has 32 heavy (non-hydrogen) atoms. The minimum Gasteiger partial charge on any atom is -0.351 e. The average Bonchev–Trinajstić information content (AvgIpc) is 3.23. The van der Waals surface area contributed by atoms with E-state index in [-0.39, 0.29) is 17.4 Å². The van der Waals surface area contributed by atoms with Crippen LogP contribution in [0.4, 0.5) is 5.82 Å². The molecule has 168 valence electrons. The first-order valence-electron chi connectivity index (χ1n) is 11.6. The lowest BCUT2D eigenvalue weighted by atomic mass is 9.85. The summed E-state index contributed by atoms with van der Waals surface area (Å²) in [7, 11) is 0. The van der Waals surface area contributed by atoms with Crippen molar-refractivity contribution in [2.75, 3.05) is 11.4 Å². The molecule has 0 bridgehead atoms. The zero-order valence-corrected chi connectivity index (χ0v) is 20.1. The van der Waals surface area contributed by atoms with Crippen molar-refractivity contribution in [3.63, 3.8) is 0 Å². The summed E-state index contributed by atoms with van der Waals surface area (Å²) >= 11 is 0. The summed E-state index contributed by atoms with van der Waals surface area (Å²) in [6, 6.07) is 12.9. The van der Waals surface area contributed by atoms with Crippen molar-refractivity contribution in [1.82, 2.24) is 15.5 Å². The van der Waals surface area contributed by atoms with Gasteiger partial charge in [0.1, 0.15) is 0 Å². The molecule has 5 heteroatoms. The van der Waals surface area contributed by atoms with Crippen LogP contribution in [0.15, 0.2) is 42.6 Å². The number of fused-ring (bicyclic) bond motifs is 1. The van der Waals surface area contributed by atoms with Gasteiger partial charge in [-0.3, -0.25) is 4.79 Å². The molecule has 3 aromatic rings. The van der Waals surface area contributed by atoms with Crippen molar-refractivity contribution in [3.05, 3.63) is 53.7 Å². The summed E-state index contributed by atoms with van der Waals surface area (Å²) in [6.45, 7) is 14.0. The molecule has 0 spiro atoms. The van der Waals surface area contributed by atoms with E-state index >= 15 is 0 Å². The largest absolute Gasteiger partial charge is 0.351 e. The molecule has 0 unspecified atom stereocenters. The molecule has 1 atom stereocenters. The number of benzene rings is 2. The Kier molecular flexibility index (Phi) is 5.93. The highest BCUT2D eigenvalue weighted by Crippen LogP contribution is 2.38. The van der Waals surface area contributed by atoms with Gasteiger partial charge >= 0.3 is 0 Å². The van der Waals surface area contributed by atoms with Gasteiger partial charge in [-0.1, -0.05) is 32.9 Å². The summed E-state index contributed by atoms with van der Waals surface area (Å²) in [5.41, 5.74) is 4.16. The molecule has 1 saturated heterocycles. The molecule has 1 N–H and O–H groups in total. The third-order valence-electron chi connectivity index (χ3n) is 6.40. The molecule has 4 rings (SSSR count). The van der Waals surface area contributed by atoms with Crippen molar-refractivity contribution in [2.45, 2.75) is 66.5 Å². The Labute approximate surface area is 191 Å². The van der Waals surface area contributed by atoms with E-state index in [0.29, 0.717) is 11.6 Å². The lowest BCUT2D eigenvalue weighted by Gasteiger charge is -2.36. The normalized spacial score (nSPS) is 16.7. The van der Waals surface area contributed by atoms with Crippen molar-refractivity contribution >= 4 is 22.5 Å². The second-order valence-corrected chi connectivity index (χ2v) is 10.3. The summed E-state index contributed by atoms with van der Waals surface area (Å²) in [5, 5.41) is 14.1. The van der Waals surface area contributed by atoms with Gasteiger partial charge in [0.2, 0.25) is 0 Å². The topological polar surface area (TPSA) is 58.1 Å². The van der Waals surface area contributed by atoms with Gasteiger partial charge in [-0.15, -0.1) is 5.10 Å². The number of nitrogens with one attached hydrogen (secondary N) is 1. The molecular formula is C27H34N4O. The van der Waals surface area contributed by atoms with Crippen LogP contribution in [0, 0.1) is 12.3 Å².